The van der Waals surface area contributed by atoms with Gasteiger partial charge in [-0.25, -0.2) is 9.97 Å². The summed E-state index contributed by atoms with van der Waals surface area (Å²) in [6.07, 6.45) is 4.91. The lowest BCUT2D eigenvalue weighted by Crippen LogP contribution is -2.47. The highest BCUT2D eigenvalue weighted by Gasteiger charge is 2.36. The van der Waals surface area contributed by atoms with Crippen LogP contribution in [0.15, 0.2) is 12.4 Å². The molecule has 1 saturated carbocycles. The van der Waals surface area contributed by atoms with Gasteiger partial charge < -0.3 is 10.1 Å². The summed E-state index contributed by atoms with van der Waals surface area (Å²) in [5, 5.41) is 3.35. The van der Waals surface area contributed by atoms with Crippen LogP contribution in [-0.2, 0) is 0 Å². The average Bonchev–Trinajstić information content (AvgIpc) is 2.24. The van der Waals surface area contributed by atoms with E-state index in [9.17, 15) is 0 Å². The predicted octanol–water partition coefficient (Wildman–Crippen LogP) is 2.06. The number of anilines is 1. The second kappa shape index (κ2) is 4.23. The van der Waals surface area contributed by atoms with Gasteiger partial charge in [-0.2, -0.15) is 0 Å². The van der Waals surface area contributed by atoms with Crippen LogP contribution in [0.5, 0.6) is 5.88 Å². The van der Waals surface area contributed by atoms with E-state index in [0.717, 1.165) is 18.7 Å². The number of halogens is 1. The highest BCUT2D eigenvalue weighted by Crippen LogP contribution is 2.36. The van der Waals surface area contributed by atoms with Gasteiger partial charge in [-0.3, -0.25) is 0 Å². The quantitative estimate of drug-likeness (QED) is 0.800. The average molecular weight is 228 g/mol. The lowest BCUT2D eigenvalue weighted by Gasteiger charge is -2.41. The van der Waals surface area contributed by atoms with Crippen molar-refractivity contribution in [1.82, 2.24) is 9.97 Å². The number of hydrogen-bond donors (Lipinski definition) is 1. The standard InChI is InChI=1S/C10H14ClN3O/c1-15-9-5-8(12-7-13-9)14-10(6-11)3-2-4-10/h5,7H,2-4,6H2,1H3,(H,12,13,14). The van der Waals surface area contributed by atoms with Crippen molar-refractivity contribution in [2.75, 3.05) is 18.3 Å². The van der Waals surface area contributed by atoms with Gasteiger partial charge in [-0.1, -0.05) is 0 Å². The minimum atomic E-state index is 0.0287. The van der Waals surface area contributed by atoms with Crippen molar-refractivity contribution in [3.63, 3.8) is 0 Å². The normalized spacial score (nSPS) is 18.0. The van der Waals surface area contributed by atoms with E-state index in [0.29, 0.717) is 11.8 Å². The molecule has 0 atom stereocenters. The third-order valence-electron chi connectivity index (χ3n) is 2.81. The molecule has 0 saturated heterocycles. The molecule has 5 heteroatoms. The summed E-state index contributed by atoms with van der Waals surface area (Å²) in [6.45, 7) is 0. The molecule has 82 valence electrons. The number of methoxy groups -OCH3 is 1. The molecule has 0 aromatic carbocycles. The van der Waals surface area contributed by atoms with E-state index in [1.54, 1.807) is 13.2 Å². The lowest BCUT2D eigenvalue weighted by molar-refractivity contribution is 0.310. The summed E-state index contributed by atoms with van der Waals surface area (Å²) >= 11 is 5.95. The summed E-state index contributed by atoms with van der Waals surface area (Å²) in [7, 11) is 1.59. The highest BCUT2D eigenvalue weighted by molar-refractivity contribution is 6.19. The Morgan fingerprint density at radius 3 is 2.87 bits per heavy atom. The number of ether oxygens (including phenoxy) is 1. The van der Waals surface area contributed by atoms with Crippen LogP contribution < -0.4 is 10.1 Å². The van der Waals surface area contributed by atoms with Gasteiger partial charge in [0.15, 0.2) is 0 Å². The number of nitrogens with zero attached hydrogens (tertiary/aromatic N) is 2. The highest BCUT2D eigenvalue weighted by atomic mass is 35.5. The molecule has 1 N–H and O–H groups in total. The van der Waals surface area contributed by atoms with Crippen LogP contribution >= 0.6 is 11.6 Å². The molecule has 1 heterocycles. The summed E-state index contributed by atoms with van der Waals surface area (Å²) in [5.41, 5.74) is 0.0287. The van der Waals surface area contributed by atoms with Crippen molar-refractivity contribution < 1.29 is 4.74 Å². The number of alkyl halides is 1. The van der Waals surface area contributed by atoms with Gasteiger partial charge in [0.25, 0.3) is 0 Å². The van der Waals surface area contributed by atoms with E-state index in [-0.39, 0.29) is 5.54 Å². The van der Waals surface area contributed by atoms with Crippen molar-refractivity contribution in [3.8, 4) is 5.88 Å². The zero-order valence-electron chi connectivity index (χ0n) is 8.66. The minimum Gasteiger partial charge on any atom is -0.481 e. The zero-order valence-corrected chi connectivity index (χ0v) is 9.42. The van der Waals surface area contributed by atoms with E-state index in [1.165, 1.54) is 12.7 Å². The molecule has 2 rings (SSSR count). The Morgan fingerprint density at radius 1 is 1.53 bits per heavy atom. The van der Waals surface area contributed by atoms with Crippen LogP contribution in [0, 0.1) is 0 Å². The molecule has 0 aliphatic heterocycles. The summed E-state index contributed by atoms with van der Waals surface area (Å²) in [4.78, 5) is 8.09. The Hall–Kier alpha value is -1.03. The SMILES string of the molecule is COc1cc(NC2(CCl)CCC2)ncn1. The Balaban J connectivity index is 2.09. The molecule has 1 aliphatic rings. The monoisotopic (exact) mass is 227 g/mol. The van der Waals surface area contributed by atoms with Crippen LogP contribution in [0.2, 0.25) is 0 Å². The predicted molar refractivity (Wildman–Crippen MR) is 59.5 cm³/mol. The smallest absolute Gasteiger partial charge is 0.218 e. The Bertz CT molecular complexity index is 336. The number of rotatable bonds is 4. The fraction of sp³-hybridized carbons (Fsp3) is 0.600. The molecule has 1 aromatic rings. The summed E-state index contributed by atoms with van der Waals surface area (Å²) < 4.78 is 5.03. The summed E-state index contributed by atoms with van der Waals surface area (Å²) in [6, 6.07) is 1.78. The lowest BCUT2D eigenvalue weighted by atomic mass is 9.78. The topological polar surface area (TPSA) is 47.0 Å². The first-order chi connectivity index (χ1) is 7.28. The number of nitrogens with one attached hydrogen (secondary N) is 1. The van der Waals surface area contributed by atoms with Gasteiger partial charge in [-0.05, 0) is 19.3 Å². The molecular weight excluding hydrogens is 214 g/mol. The first-order valence-electron chi connectivity index (χ1n) is 4.98. The van der Waals surface area contributed by atoms with Crippen molar-refractivity contribution in [2.45, 2.75) is 24.8 Å². The van der Waals surface area contributed by atoms with E-state index in [1.807, 2.05) is 0 Å². The van der Waals surface area contributed by atoms with Crippen molar-refractivity contribution in [3.05, 3.63) is 12.4 Å². The second-order valence-corrected chi connectivity index (χ2v) is 4.11. The van der Waals surface area contributed by atoms with Gasteiger partial charge in [0.1, 0.15) is 12.1 Å². The maximum Gasteiger partial charge on any atom is 0.218 e. The first-order valence-corrected chi connectivity index (χ1v) is 5.52. The van der Waals surface area contributed by atoms with E-state index < -0.39 is 0 Å². The molecule has 1 aliphatic carbocycles. The molecule has 0 bridgehead atoms. The van der Waals surface area contributed by atoms with Crippen LogP contribution in [0.4, 0.5) is 5.82 Å². The van der Waals surface area contributed by atoms with Crippen molar-refractivity contribution >= 4 is 17.4 Å². The Labute approximate surface area is 94.0 Å². The molecule has 1 fully saturated rings. The number of aromatic nitrogens is 2. The zero-order chi connectivity index (χ0) is 10.7. The van der Waals surface area contributed by atoms with Gasteiger partial charge in [-0.15, -0.1) is 11.6 Å². The molecule has 0 amide bonds. The van der Waals surface area contributed by atoms with Gasteiger partial charge >= 0.3 is 0 Å². The van der Waals surface area contributed by atoms with Gasteiger partial charge in [0.05, 0.1) is 12.6 Å². The second-order valence-electron chi connectivity index (χ2n) is 3.84. The van der Waals surface area contributed by atoms with Gasteiger partial charge in [0.2, 0.25) is 5.88 Å². The number of hydrogen-bond acceptors (Lipinski definition) is 4. The van der Waals surface area contributed by atoms with Crippen LogP contribution in [0.1, 0.15) is 19.3 Å². The van der Waals surface area contributed by atoms with E-state index >= 15 is 0 Å². The summed E-state index contributed by atoms with van der Waals surface area (Å²) in [5.74, 6) is 1.96. The molecule has 1 aromatic heterocycles. The molecular formula is C10H14ClN3O. The van der Waals surface area contributed by atoms with Crippen molar-refractivity contribution in [1.29, 1.82) is 0 Å². The molecule has 0 radical (unpaired) electrons. The fourth-order valence-electron chi connectivity index (χ4n) is 1.69. The van der Waals surface area contributed by atoms with Gasteiger partial charge in [0, 0.05) is 11.9 Å². The Kier molecular flexibility index (Phi) is 2.95. The maximum atomic E-state index is 5.95. The van der Waals surface area contributed by atoms with Crippen molar-refractivity contribution in [2.24, 2.45) is 0 Å². The van der Waals surface area contributed by atoms with Crippen LogP contribution in [-0.4, -0.2) is 28.5 Å². The molecule has 0 unspecified atom stereocenters. The molecule has 15 heavy (non-hydrogen) atoms. The van der Waals surface area contributed by atoms with E-state index in [2.05, 4.69) is 15.3 Å². The molecule has 4 nitrogen and oxygen atoms in total. The Morgan fingerprint density at radius 2 is 2.33 bits per heavy atom. The largest absolute Gasteiger partial charge is 0.481 e. The van der Waals surface area contributed by atoms with E-state index in [4.69, 9.17) is 16.3 Å². The van der Waals surface area contributed by atoms with Crippen LogP contribution in [0.3, 0.4) is 0 Å². The van der Waals surface area contributed by atoms with Crippen LogP contribution in [0.25, 0.3) is 0 Å². The first kappa shape index (κ1) is 10.5. The maximum absolute atomic E-state index is 5.95. The third-order valence-corrected chi connectivity index (χ3v) is 3.32. The minimum absolute atomic E-state index is 0.0287. The fourth-order valence-corrected chi connectivity index (χ4v) is 2.02. The third kappa shape index (κ3) is 2.15. The molecule has 0 spiro atoms.